The third-order valence-electron chi connectivity index (χ3n) is 4.04. The normalized spacial score (nSPS) is 11.0. The fourth-order valence-corrected chi connectivity index (χ4v) is 2.81. The van der Waals surface area contributed by atoms with Crippen molar-refractivity contribution in [3.8, 4) is 11.4 Å². The lowest BCUT2D eigenvalue weighted by Crippen LogP contribution is -2.07. The number of aryl methyl sites for hydroxylation is 2. The van der Waals surface area contributed by atoms with E-state index in [2.05, 4.69) is 30.5 Å². The Kier molecular flexibility index (Phi) is 4.51. The highest BCUT2D eigenvalue weighted by atomic mass is 15.2. The van der Waals surface area contributed by atoms with E-state index in [4.69, 9.17) is 0 Å². The van der Waals surface area contributed by atoms with Crippen LogP contribution in [0.5, 0.6) is 0 Å². The second-order valence-electron chi connectivity index (χ2n) is 6.04. The van der Waals surface area contributed by atoms with Crippen molar-refractivity contribution in [3.63, 3.8) is 0 Å². The van der Waals surface area contributed by atoms with E-state index in [-0.39, 0.29) is 0 Å². The van der Waals surface area contributed by atoms with Crippen LogP contribution in [0.3, 0.4) is 0 Å². The number of pyridine rings is 2. The van der Waals surface area contributed by atoms with Gasteiger partial charge in [-0.1, -0.05) is 6.07 Å². The van der Waals surface area contributed by atoms with Crippen molar-refractivity contribution >= 4 is 11.5 Å². The second-order valence-corrected chi connectivity index (χ2v) is 6.04. The lowest BCUT2D eigenvalue weighted by atomic mass is 10.2. The zero-order valence-electron chi connectivity index (χ0n) is 14.5. The molecule has 0 unspecified atom stereocenters. The highest BCUT2D eigenvalue weighted by Crippen LogP contribution is 2.16. The Bertz CT molecular complexity index is 1010. The Morgan fingerprint density at radius 1 is 1.08 bits per heavy atom. The van der Waals surface area contributed by atoms with Gasteiger partial charge in [0.25, 0.3) is 0 Å². The van der Waals surface area contributed by atoms with Crippen molar-refractivity contribution in [2.45, 2.75) is 19.8 Å². The zero-order valence-corrected chi connectivity index (χ0v) is 14.5. The first-order valence-electron chi connectivity index (χ1n) is 8.58. The molecule has 0 aromatic carbocycles. The van der Waals surface area contributed by atoms with E-state index in [9.17, 15) is 0 Å². The topological polar surface area (TPSA) is 80.9 Å². The van der Waals surface area contributed by atoms with Crippen molar-refractivity contribution < 1.29 is 0 Å². The Morgan fingerprint density at radius 3 is 2.92 bits per heavy atom. The molecule has 1 N–H and O–H groups in total. The first kappa shape index (κ1) is 16.1. The molecule has 0 bridgehead atoms. The highest BCUT2D eigenvalue weighted by Gasteiger charge is 2.06. The summed E-state index contributed by atoms with van der Waals surface area (Å²) >= 11 is 0. The predicted molar refractivity (Wildman–Crippen MR) is 99.8 cm³/mol. The molecule has 0 fully saturated rings. The van der Waals surface area contributed by atoms with Gasteiger partial charge in [0.05, 0.1) is 0 Å². The largest absolute Gasteiger partial charge is 0.370 e. The van der Waals surface area contributed by atoms with E-state index in [1.165, 1.54) is 0 Å². The van der Waals surface area contributed by atoms with Crippen molar-refractivity contribution in [1.82, 2.24) is 29.5 Å². The molecule has 0 spiro atoms. The van der Waals surface area contributed by atoms with Crippen molar-refractivity contribution in [2.75, 3.05) is 11.9 Å². The predicted octanol–water partition coefficient (Wildman–Crippen LogP) is 2.93. The highest BCUT2D eigenvalue weighted by molar-refractivity contribution is 5.56. The Labute approximate surface area is 151 Å². The summed E-state index contributed by atoms with van der Waals surface area (Å²) in [7, 11) is 0. The van der Waals surface area contributed by atoms with Crippen LogP contribution in [0.4, 0.5) is 5.82 Å². The zero-order chi connectivity index (χ0) is 17.8. The van der Waals surface area contributed by atoms with Crippen LogP contribution >= 0.6 is 0 Å². The van der Waals surface area contributed by atoms with Crippen LogP contribution in [0.25, 0.3) is 17.0 Å². The SMILES string of the molecule is Cc1cc(NCCCc2nnc3ccccn23)nc(-c2cccnc2)n1. The van der Waals surface area contributed by atoms with Gasteiger partial charge < -0.3 is 5.32 Å². The van der Waals surface area contributed by atoms with Gasteiger partial charge in [-0.3, -0.25) is 9.38 Å². The minimum absolute atomic E-state index is 0.684. The van der Waals surface area contributed by atoms with E-state index in [1.54, 1.807) is 12.4 Å². The lowest BCUT2D eigenvalue weighted by molar-refractivity contribution is 0.786. The van der Waals surface area contributed by atoms with Crippen molar-refractivity contribution in [2.24, 2.45) is 0 Å². The first-order chi connectivity index (χ1) is 12.8. The van der Waals surface area contributed by atoms with E-state index in [0.717, 1.165) is 47.9 Å². The van der Waals surface area contributed by atoms with Crippen LogP contribution < -0.4 is 5.32 Å². The van der Waals surface area contributed by atoms with Crippen LogP contribution in [0, 0.1) is 6.92 Å². The molecule has 0 atom stereocenters. The summed E-state index contributed by atoms with van der Waals surface area (Å²) in [5.41, 5.74) is 2.71. The average molecular weight is 345 g/mol. The van der Waals surface area contributed by atoms with E-state index in [1.807, 2.05) is 53.9 Å². The van der Waals surface area contributed by atoms with Gasteiger partial charge in [-0.15, -0.1) is 10.2 Å². The number of fused-ring (bicyclic) bond motifs is 1. The molecule has 7 heteroatoms. The van der Waals surface area contributed by atoms with Crippen molar-refractivity contribution in [1.29, 1.82) is 0 Å². The van der Waals surface area contributed by atoms with Crippen LogP contribution in [0.15, 0.2) is 55.0 Å². The molecule has 4 rings (SSSR count). The quantitative estimate of drug-likeness (QED) is 0.541. The lowest BCUT2D eigenvalue weighted by Gasteiger charge is -2.08. The number of anilines is 1. The fraction of sp³-hybridized carbons (Fsp3) is 0.211. The number of hydrogen-bond acceptors (Lipinski definition) is 6. The van der Waals surface area contributed by atoms with Gasteiger partial charge in [-0.05, 0) is 37.6 Å². The summed E-state index contributed by atoms with van der Waals surface area (Å²) in [4.78, 5) is 13.2. The van der Waals surface area contributed by atoms with Gasteiger partial charge in [0.2, 0.25) is 0 Å². The van der Waals surface area contributed by atoms with Crippen LogP contribution in [0.2, 0.25) is 0 Å². The number of nitrogens with one attached hydrogen (secondary N) is 1. The average Bonchev–Trinajstić information content (AvgIpc) is 3.09. The molecule has 7 nitrogen and oxygen atoms in total. The van der Waals surface area contributed by atoms with Crippen LogP contribution in [-0.2, 0) is 6.42 Å². The molecule has 130 valence electrons. The van der Waals surface area contributed by atoms with Gasteiger partial charge in [0.15, 0.2) is 11.5 Å². The molecule has 0 aliphatic heterocycles. The van der Waals surface area contributed by atoms with Crippen LogP contribution in [0.1, 0.15) is 17.9 Å². The van der Waals surface area contributed by atoms with E-state index in [0.29, 0.717) is 5.82 Å². The number of rotatable bonds is 6. The number of aromatic nitrogens is 6. The van der Waals surface area contributed by atoms with Gasteiger partial charge in [0, 0.05) is 48.9 Å². The molecule has 0 saturated heterocycles. The minimum Gasteiger partial charge on any atom is -0.370 e. The maximum atomic E-state index is 4.59. The van der Waals surface area contributed by atoms with Crippen molar-refractivity contribution in [3.05, 3.63) is 66.5 Å². The minimum atomic E-state index is 0.684. The summed E-state index contributed by atoms with van der Waals surface area (Å²) in [6, 6.07) is 11.7. The van der Waals surface area contributed by atoms with Gasteiger partial charge in [-0.25, -0.2) is 9.97 Å². The molecule has 0 aliphatic rings. The molecule has 0 saturated carbocycles. The van der Waals surface area contributed by atoms with E-state index < -0.39 is 0 Å². The Morgan fingerprint density at radius 2 is 2.04 bits per heavy atom. The molecule has 26 heavy (non-hydrogen) atoms. The molecule has 0 radical (unpaired) electrons. The molecule has 4 aromatic heterocycles. The maximum absolute atomic E-state index is 4.59. The fourth-order valence-electron chi connectivity index (χ4n) is 2.81. The molecule has 4 aromatic rings. The summed E-state index contributed by atoms with van der Waals surface area (Å²) in [5.74, 6) is 2.48. The number of nitrogens with zero attached hydrogens (tertiary/aromatic N) is 6. The monoisotopic (exact) mass is 345 g/mol. The summed E-state index contributed by atoms with van der Waals surface area (Å²) < 4.78 is 2.02. The third kappa shape index (κ3) is 3.51. The Hall–Kier alpha value is -3.35. The summed E-state index contributed by atoms with van der Waals surface area (Å²) in [6.45, 7) is 2.76. The summed E-state index contributed by atoms with van der Waals surface area (Å²) in [6.07, 6.45) is 7.28. The number of hydrogen-bond donors (Lipinski definition) is 1. The smallest absolute Gasteiger partial charge is 0.163 e. The van der Waals surface area contributed by atoms with Gasteiger partial charge in [-0.2, -0.15) is 0 Å². The van der Waals surface area contributed by atoms with Crippen LogP contribution in [-0.4, -0.2) is 36.1 Å². The van der Waals surface area contributed by atoms with Gasteiger partial charge in [0.1, 0.15) is 11.6 Å². The molecular formula is C19H19N7. The molecule has 0 amide bonds. The van der Waals surface area contributed by atoms with E-state index >= 15 is 0 Å². The molecular weight excluding hydrogens is 326 g/mol. The molecule has 4 heterocycles. The van der Waals surface area contributed by atoms with Gasteiger partial charge >= 0.3 is 0 Å². The Balaban J connectivity index is 1.40. The summed E-state index contributed by atoms with van der Waals surface area (Å²) in [5, 5.41) is 11.8. The second kappa shape index (κ2) is 7.26. The molecule has 0 aliphatic carbocycles. The third-order valence-corrected chi connectivity index (χ3v) is 4.04. The maximum Gasteiger partial charge on any atom is 0.163 e. The standard InChI is InChI=1S/C19H19N7/c1-14-12-16(23-19(22-14)15-6-4-9-20-13-15)21-10-5-8-18-25-24-17-7-2-3-11-26(17)18/h2-4,6-7,9,11-13H,5,8,10H2,1H3,(H,21,22,23). The first-order valence-corrected chi connectivity index (χ1v) is 8.58.